The Morgan fingerprint density at radius 1 is 1.56 bits per heavy atom. The predicted molar refractivity (Wildman–Crippen MR) is 51.5 cm³/mol. The number of alkyl halides is 1. The number of halogens is 1. The Bertz CT molecular complexity index is 535. The Kier molecular flexibility index (Phi) is 2.39. The summed E-state index contributed by atoms with van der Waals surface area (Å²) in [6.45, 7) is 3.31. The molecule has 0 bridgehead atoms. The molecule has 3 atom stereocenters. The molecule has 0 saturated carbocycles. The summed E-state index contributed by atoms with van der Waals surface area (Å²) in [6, 6.07) is 1.06. The van der Waals surface area contributed by atoms with Crippen LogP contribution in [0.15, 0.2) is 34.2 Å². The highest BCUT2D eigenvalue weighted by Crippen LogP contribution is 2.31. The van der Waals surface area contributed by atoms with E-state index in [1.807, 2.05) is 4.98 Å². The topological polar surface area (TPSA) is 84.3 Å². The molecular formula is C9H9FN2O4. The second-order valence-corrected chi connectivity index (χ2v) is 3.38. The van der Waals surface area contributed by atoms with Crippen LogP contribution in [0.3, 0.4) is 0 Å². The van der Waals surface area contributed by atoms with Crippen molar-refractivity contribution < 1.29 is 14.2 Å². The average molecular weight is 228 g/mol. The average Bonchev–Trinajstić information content (AvgIpc) is 2.46. The van der Waals surface area contributed by atoms with Crippen LogP contribution in [0.4, 0.5) is 4.39 Å². The fourth-order valence-electron chi connectivity index (χ4n) is 1.46. The molecule has 86 valence electrons. The number of aliphatic hydroxyl groups excluding tert-OH is 1. The van der Waals surface area contributed by atoms with E-state index in [2.05, 4.69) is 6.58 Å². The van der Waals surface area contributed by atoms with Crippen LogP contribution >= 0.6 is 0 Å². The van der Waals surface area contributed by atoms with Crippen molar-refractivity contribution >= 4 is 0 Å². The van der Waals surface area contributed by atoms with Crippen LogP contribution in [0.5, 0.6) is 0 Å². The van der Waals surface area contributed by atoms with Gasteiger partial charge in [0.25, 0.3) is 5.56 Å². The summed E-state index contributed by atoms with van der Waals surface area (Å²) in [5.74, 6) is -0.143. The second kappa shape index (κ2) is 3.60. The minimum Gasteiger partial charge on any atom is -0.469 e. The fraction of sp³-hybridized carbons (Fsp3) is 0.333. The molecule has 2 N–H and O–H groups in total. The van der Waals surface area contributed by atoms with Crippen LogP contribution in [0.1, 0.15) is 6.23 Å². The molecule has 1 fully saturated rings. The minimum atomic E-state index is -1.80. The van der Waals surface area contributed by atoms with E-state index in [-0.39, 0.29) is 5.76 Å². The van der Waals surface area contributed by atoms with Crippen LogP contribution in [-0.2, 0) is 4.74 Å². The van der Waals surface area contributed by atoms with E-state index in [1.165, 1.54) is 0 Å². The van der Waals surface area contributed by atoms with Gasteiger partial charge in [0, 0.05) is 12.3 Å². The lowest BCUT2D eigenvalue weighted by atomic mass is 10.2. The van der Waals surface area contributed by atoms with Crippen molar-refractivity contribution in [2.24, 2.45) is 0 Å². The first kappa shape index (κ1) is 10.6. The van der Waals surface area contributed by atoms with E-state index < -0.39 is 29.8 Å². The van der Waals surface area contributed by atoms with Crippen molar-refractivity contribution in [1.29, 1.82) is 0 Å². The van der Waals surface area contributed by atoms with Gasteiger partial charge in [0.15, 0.2) is 6.17 Å². The van der Waals surface area contributed by atoms with Crippen LogP contribution in [0, 0.1) is 0 Å². The summed E-state index contributed by atoms with van der Waals surface area (Å²) >= 11 is 0. The van der Waals surface area contributed by atoms with Gasteiger partial charge in [0.1, 0.15) is 11.9 Å². The molecule has 0 radical (unpaired) electrons. The Hall–Kier alpha value is -1.89. The summed E-state index contributed by atoms with van der Waals surface area (Å²) in [4.78, 5) is 24.1. The highest BCUT2D eigenvalue weighted by atomic mass is 19.1. The molecule has 0 aliphatic carbocycles. The van der Waals surface area contributed by atoms with Crippen molar-refractivity contribution in [2.75, 3.05) is 0 Å². The van der Waals surface area contributed by atoms with Crippen molar-refractivity contribution in [3.05, 3.63) is 45.4 Å². The third-order valence-electron chi connectivity index (χ3n) is 2.30. The van der Waals surface area contributed by atoms with E-state index in [0.29, 0.717) is 0 Å². The lowest BCUT2D eigenvalue weighted by molar-refractivity contribution is 0.0341. The van der Waals surface area contributed by atoms with E-state index in [4.69, 9.17) is 4.74 Å². The zero-order valence-electron chi connectivity index (χ0n) is 8.09. The molecule has 1 aromatic rings. The SMILES string of the molecule is C=C1O[C@@H](n2ccc(=O)[nH]c2=O)[C@H](F)[C@@H]1O. The molecule has 7 heteroatoms. The lowest BCUT2D eigenvalue weighted by Gasteiger charge is -2.14. The van der Waals surface area contributed by atoms with Gasteiger partial charge in [-0.3, -0.25) is 14.3 Å². The molecule has 0 spiro atoms. The predicted octanol–water partition coefficient (Wildman–Crippen LogP) is -0.722. The number of nitrogens with one attached hydrogen (secondary N) is 1. The number of hydrogen-bond acceptors (Lipinski definition) is 4. The second-order valence-electron chi connectivity index (χ2n) is 3.38. The van der Waals surface area contributed by atoms with E-state index in [9.17, 15) is 19.1 Å². The Balaban J connectivity index is 2.43. The number of aliphatic hydroxyl groups is 1. The third kappa shape index (κ3) is 1.54. The molecule has 1 aromatic heterocycles. The summed E-state index contributed by atoms with van der Waals surface area (Å²) < 4.78 is 19.3. The van der Waals surface area contributed by atoms with Gasteiger partial charge in [0.2, 0.25) is 6.23 Å². The first-order chi connectivity index (χ1) is 7.50. The first-order valence-electron chi connectivity index (χ1n) is 4.50. The highest BCUT2D eigenvalue weighted by molar-refractivity contribution is 5.05. The van der Waals surface area contributed by atoms with E-state index >= 15 is 0 Å². The number of hydrogen-bond donors (Lipinski definition) is 2. The molecule has 0 amide bonds. The number of rotatable bonds is 1. The van der Waals surface area contributed by atoms with Gasteiger partial charge in [0.05, 0.1) is 0 Å². The van der Waals surface area contributed by atoms with Crippen LogP contribution in [0.2, 0.25) is 0 Å². The molecule has 16 heavy (non-hydrogen) atoms. The lowest BCUT2D eigenvalue weighted by Crippen LogP contribution is -2.35. The first-order valence-corrected chi connectivity index (χ1v) is 4.50. The van der Waals surface area contributed by atoms with Gasteiger partial charge in [-0.2, -0.15) is 0 Å². The Morgan fingerprint density at radius 3 is 2.75 bits per heavy atom. The molecule has 1 saturated heterocycles. The standard InChI is InChI=1S/C9H9FN2O4/c1-4-7(14)6(10)8(16-4)12-3-2-5(13)11-9(12)15/h2-3,6-8,14H,1H2,(H,11,13,15)/t6-,7-,8-/m1/s1. The normalized spacial score (nSPS) is 29.1. The van der Waals surface area contributed by atoms with Crippen molar-refractivity contribution in [3.63, 3.8) is 0 Å². The fourth-order valence-corrected chi connectivity index (χ4v) is 1.46. The molecule has 1 aliphatic heterocycles. The molecular weight excluding hydrogens is 219 g/mol. The number of aromatic nitrogens is 2. The summed E-state index contributed by atoms with van der Waals surface area (Å²) in [6.07, 6.45) is -3.46. The maximum Gasteiger partial charge on any atom is 0.331 e. The zero-order chi connectivity index (χ0) is 11.9. The Morgan fingerprint density at radius 2 is 2.25 bits per heavy atom. The number of aromatic amines is 1. The zero-order valence-corrected chi connectivity index (χ0v) is 8.09. The van der Waals surface area contributed by atoms with Gasteiger partial charge in [-0.05, 0) is 0 Å². The van der Waals surface area contributed by atoms with E-state index in [1.54, 1.807) is 0 Å². The van der Waals surface area contributed by atoms with Crippen molar-refractivity contribution in [2.45, 2.75) is 18.5 Å². The molecule has 2 heterocycles. The number of H-pyrrole nitrogens is 1. The Labute approximate surface area is 88.6 Å². The summed E-state index contributed by atoms with van der Waals surface area (Å²) in [5.41, 5.74) is -1.39. The quantitative estimate of drug-likeness (QED) is 0.664. The van der Waals surface area contributed by atoms with Gasteiger partial charge in [-0.15, -0.1) is 0 Å². The van der Waals surface area contributed by atoms with E-state index in [0.717, 1.165) is 16.8 Å². The number of nitrogens with zero attached hydrogens (tertiary/aromatic N) is 1. The van der Waals surface area contributed by atoms with Crippen LogP contribution in [0.25, 0.3) is 0 Å². The summed E-state index contributed by atoms with van der Waals surface area (Å²) in [5, 5.41) is 9.26. The van der Waals surface area contributed by atoms with Crippen molar-refractivity contribution in [3.8, 4) is 0 Å². The molecule has 6 nitrogen and oxygen atoms in total. The molecule has 1 aliphatic rings. The molecule has 0 unspecified atom stereocenters. The monoisotopic (exact) mass is 228 g/mol. The van der Waals surface area contributed by atoms with Gasteiger partial charge >= 0.3 is 5.69 Å². The van der Waals surface area contributed by atoms with Gasteiger partial charge in [-0.1, -0.05) is 6.58 Å². The summed E-state index contributed by atoms with van der Waals surface area (Å²) in [7, 11) is 0. The largest absolute Gasteiger partial charge is 0.469 e. The van der Waals surface area contributed by atoms with Gasteiger partial charge in [-0.25, -0.2) is 9.18 Å². The third-order valence-corrected chi connectivity index (χ3v) is 2.30. The van der Waals surface area contributed by atoms with Crippen LogP contribution in [-0.4, -0.2) is 26.9 Å². The van der Waals surface area contributed by atoms with Crippen molar-refractivity contribution in [1.82, 2.24) is 9.55 Å². The molecule has 0 aromatic carbocycles. The van der Waals surface area contributed by atoms with Gasteiger partial charge < -0.3 is 9.84 Å². The smallest absolute Gasteiger partial charge is 0.331 e. The van der Waals surface area contributed by atoms with Crippen LogP contribution < -0.4 is 11.2 Å². The highest BCUT2D eigenvalue weighted by Gasteiger charge is 2.41. The number of ether oxygens (including phenoxy) is 1. The maximum atomic E-state index is 13.5. The minimum absolute atomic E-state index is 0.143. The maximum absolute atomic E-state index is 13.5. The molecule has 2 rings (SSSR count).